The van der Waals surface area contributed by atoms with E-state index in [1.807, 2.05) is 4.90 Å². The third-order valence-corrected chi connectivity index (χ3v) is 10.4. The smallest absolute Gasteiger partial charge is 0.256 e. The Morgan fingerprint density at radius 2 is 1.84 bits per heavy atom. The van der Waals surface area contributed by atoms with Gasteiger partial charge >= 0.3 is 0 Å². The highest BCUT2D eigenvalue weighted by Crippen LogP contribution is 2.46. The molecule has 2 aromatic carbocycles. The Morgan fingerprint density at radius 3 is 2.50 bits per heavy atom. The predicted molar refractivity (Wildman–Crippen MR) is 142 cm³/mol. The molecule has 4 aliphatic rings. The zero-order valence-corrected chi connectivity index (χ0v) is 22.5. The summed E-state index contributed by atoms with van der Waals surface area (Å²) in [5.41, 5.74) is 0.654. The molecular weight excluding hydrogens is 505 g/mol. The topological polar surface area (TPSA) is 87.1 Å². The summed E-state index contributed by atoms with van der Waals surface area (Å²) < 4.78 is 40.9. The maximum atomic E-state index is 15.6. The average molecular weight is 538 g/mol. The third kappa shape index (κ3) is 4.34. The lowest BCUT2D eigenvalue weighted by atomic mass is 10.0. The lowest BCUT2D eigenvalue weighted by Crippen LogP contribution is -2.41. The van der Waals surface area contributed by atoms with Crippen LogP contribution >= 0.6 is 0 Å². The van der Waals surface area contributed by atoms with E-state index in [9.17, 15) is 18.0 Å². The fraction of sp³-hybridized carbons (Fsp3) is 0.483. The molecule has 3 fully saturated rings. The monoisotopic (exact) mass is 537 g/mol. The minimum absolute atomic E-state index is 0.0745. The van der Waals surface area contributed by atoms with Crippen molar-refractivity contribution in [3.8, 4) is 11.1 Å². The summed E-state index contributed by atoms with van der Waals surface area (Å²) in [7, 11) is -3.46. The zero-order valence-electron chi connectivity index (χ0n) is 21.7. The van der Waals surface area contributed by atoms with Gasteiger partial charge in [0.25, 0.3) is 5.91 Å². The number of nitrogens with zero attached hydrogens (tertiary/aromatic N) is 3. The molecule has 2 aromatic rings. The summed E-state index contributed by atoms with van der Waals surface area (Å²) in [6.45, 7) is 5.01. The number of likely N-dealkylation sites (tertiary alicyclic amines) is 1. The van der Waals surface area contributed by atoms with Crippen LogP contribution < -0.4 is 0 Å². The molecule has 2 aliphatic heterocycles. The second-order valence-electron chi connectivity index (χ2n) is 11.4. The summed E-state index contributed by atoms with van der Waals surface area (Å²) >= 11 is 0. The van der Waals surface area contributed by atoms with Crippen LogP contribution in [-0.4, -0.2) is 66.3 Å². The Hall–Kier alpha value is -3.07. The quantitative estimate of drug-likeness (QED) is 0.533. The third-order valence-electron chi connectivity index (χ3n) is 8.23. The number of carbonyl (C=O) groups excluding carboxylic acids is 2. The first-order valence-electron chi connectivity index (χ1n) is 13.4. The molecule has 1 atom stereocenters. The average Bonchev–Trinajstić information content (AvgIpc) is 3.82. The van der Waals surface area contributed by atoms with Crippen molar-refractivity contribution >= 4 is 27.5 Å². The number of hydrogen-bond donors (Lipinski definition) is 0. The van der Waals surface area contributed by atoms with Crippen LogP contribution in [0.5, 0.6) is 0 Å². The molecule has 2 aliphatic carbocycles. The summed E-state index contributed by atoms with van der Waals surface area (Å²) in [5, 5.41) is -0.561. The van der Waals surface area contributed by atoms with Crippen molar-refractivity contribution in [2.75, 3.05) is 19.6 Å². The number of amides is 2. The van der Waals surface area contributed by atoms with Gasteiger partial charge in [0.05, 0.1) is 15.7 Å². The molecule has 2 amide bonds. The summed E-state index contributed by atoms with van der Waals surface area (Å²) in [5.74, 6) is 0.307. The summed E-state index contributed by atoms with van der Waals surface area (Å²) in [6.07, 6.45) is 4.09. The number of carbonyl (C=O) groups is 2. The Bertz CT molecular complexity index is 1460. The normalized spacial score (nSPS) is 22.5. The largest absolute Gasteiger partial charge is 0.342 e. The van der Waals surface area contributed by atoms with Gasteiger partial charge in [-0.1, -0.05) is 18.2 Å². The lowest BCUT2D eigenvalue weighted by molar-refractivity contribution is -0.131. The van der Waals surface area contributed by atoms with Gasteiger partial charge in [0.15, 0.2) is 9.84 Å². The molecule has 2 heterocycles. The first-order chi connectivity index (χ1) is 18.1. The number of amidine groups is 1. The van der Waals surface area contributed by atoms with Crippen LogP contribution in [0.3, 0.4) is 0 Å². The molecule has 38 heavy (non-hydrogen) atoms. The van der Waals surface area contributed by atoms with Crippen LogP contribution in [-0.2, 0) is 19.4 Å². The molecule has 0 bridgehead atoms. The van der Waals surface area contributed by atoms with E-state index in [1.165, 1.54) is 6.07 Å². The van der Waals surface area contributed by atoms with Crippen molar-refractivity contribution < 1.29 is 22.4 Å². The highest BCUT2D eigenvalue weighted by molar-refractivity contribution is 7.92. The molecule has 200 valence electrons. The van der Waals surface area contributed by atoms with Crippen LogP contribution in [0.2, 0.25) is 0 Å². The van der Waals surface area contributed by atoms with E-state index in [2.05, 4.69) is 0 Å². The molecule has 0 N–H and O–H groups in total. The molecule has 0 unspecified atom stereocenters. The van der Waals surface area contributed by atoms with Gasteiger partial charge in [-0.2, -0.15) is 0 Å². The fourth-order valence-electron chi connectivity index (χ4n) is 5.51. The van der Waals surface area contributed by atoms with Gasteiger partial charge in [-0.15, -0.1) is 0 Å². The highest BCUT2D eigenvalue weighted by atomic mass is 32.2. The van der Waals surface area contributed by atoms with E-state index in [-0.39, 0.29) is 34.1 Å². The van der Waals surface area contributed by atoms with E-state index in [0.29, 0.717) is 49.4 Å². The van der Waals surface area contributed by atoms with Gasteiger partial charge in [0, 0.05) is 25.6 Å². The first kappa shape index (κ1) is 25.2. The van der Waals surface area contributed by atoms with Crippen molar-refractivity contribution in [2.24, 2.45) is 16.8 Å². The van der Waals surface area contributed by atoms with E-state index < -0.39 is 26.4 Å². The molecule has 0 radical (unpaired) electrons. The van der Waals surface area contributed by atoms with Crippen LogP contribution in [0.4, 0.5) is 4.39 Å². The molecule has 7 nitrogen and oxygen atoms in total. The standard InChI is InChI=1S/C29H32FN3O4S/c1-18(2)38(36,37)23-5-3-4-21(14-23)22-8-9-24(25(30)15-22)26-31-29(11-12-29)28(35)33(26)17-19-10-13-32(16-19)27(34)20-6-7-20/h3-5,8-9,14-15,18-20H,6-7,10-13,16-17H2,1-2H3/t19-/m1/s1. The summed E-state index contributed by atoms with van der Waals surface area (Å²) in [4.78, 5) is 34.3. The minimum atomic E-state index is -3.46. The zero-order chi connectivity index (χ0) is 26.8. The van der Waals surface area contributed by atoms with Gasteiger partial charge in [-0.25, -0.2) is 12.8 Å². The molecule has 2 saturated carbocycles. The van der Waals surface area contributed by atoms with Crippen LogP contribution in [0.1, 0.15) is 51.5 Å². The van der Waals surface area contributed by atoms with Crippen molar-refractivity contribution in [3.63, 3.8) is 0 Å². The number of aliphatic imine (C=N–C) groups is 1. The van der Waals surface area contributed by atoms with Crippen LogP contribution in [0.25, 0.3) is 11.1 Å². The van der Waals surface area contributed by atoms with Crippen molar-refractivity contribution in [2.45, 2.75) is 61.6 Å². The number of sulfone groups is 1. The van der Waals surface area contributed by atoms with Crippen LogP contribution in [0, 0.1) is 17.7 Å². The van der Waals surface area contributed by atoms with Gasteiger partial charge < -0.3 is 4.90 Å². The molecule has 0 aromatic heterocycles. The van der Waals surface area contributed by atoms with Crippen molar-refractivity contribution in [1.82, 2.24) is 9.80 Å². The SMILES string of the molecule is CC(C)S(=O)(=O)c1cccc(-c2ccc(C3=NC4(CC4)C(=O)N3C[C@@H]3CCN(C(=O)C4CC4)C3)c(F)c2)c1. The number of hydrogen-bond acceptors (Lipinski definition) is 5. The van der Waals surface area contributed by atoms with Gasteiger partial charge in [-0.3, -0.25) is 19.5 Å². The fourth-order valence-corrected chi connectivity index (χ4v) is 6.61. The van der Waals surface area contributed by atoms with Crippen molar-refractivity contribution in [3.05, 3.63) is 53.8 Å². The maximum absolute atomic E-state index is 15.6. The highest BCUT2D eigenvalue weighted by Gasteiger charge is 2.58. The molecular formula is C29H32FN3O4S. The molecule has 1 spiro atoms. The lowest BCUT2D eigenvalue weighted by Gasteiger charge is -2.24. The Kier molecular flexibility index (Phi) is 5.98. The second-order valence-corrected chi connectivity index (χ2v) is 13.9. The Morgan fingerprint density at radius 1 is 1.11 bits per heavy atom. The molecule has 1 saturated heterocycles. The van der Waals surface area contributed by atoms with E-state index >= 15 is 4.39 Å². The van der Waals surface area contributed by atoms with Crippen molar-refractivity contribution in [1.29, 1.82) is 0 Å². The van der Waals surface area contributed by atoms with E-state index in [4.69, 9.17) is 4.99 Å². The Labute approximate surface area is 222 Å². The molecule has 6 rings (SSSR count). The summed E-state index contributed by atoms with van der Waals surface area (Å²) in [6, 6.07) is 11.3. The minimum Gasteiger partial charge on any atom is -0.342 e. The Balaban J connectivity index is 1.25. The predicted octanol–water partition coefficient (Wildman–Crippen LogP) is 4.05. The van der Waals surface area contributed by atoms with Gasteiger partial charge in [-0.05, 0) is 87.3 Å². The van der Waals surface area contributed by atoms with E-state index in [1.54, 1.807) is 55.1 Å². The van der Waals surface area contributed by atoms with Gasteiger partial charge in [0.1, 0.15) is 17.2 Å². The van der Waals surface area contributed by atoms with Crippen LogP contribution in [0.15, 0.2) is 52.4 Å². The number of rotatable bonds is 7. The first-order valence-corrected chi connectivity index (χ1v) is 15.0. The van der Waals surface area contributed by atoms with E-state index in [0.717, 1.165) is 19.3 Å². The van der Waals surface area contributed by atoms with Gasteiger partial charge in [0.2, 0.25) is 5.91 Å². The number of halogens is 1. The molecule has 9 heteroatoms. The number of benzene rings is 2. The maximum Gasteiger partial charge on any atom is 0.256 e. The second kappa shape index (κ2) is 9.00.